The van der Waals surface area contributed by atoms with Crippen LogP contribution in [0.5, 0.6) is 0 Å². The Morgan fingerprint density at radius 1 is 1.08 bits per heavy atom. The molecule has 2 aliphatic rings. The number of hydrogen-bond donors (Lipinski definition) is 2. The summed E-state index contributed by atoms with van der Waals surface area (Å²) in [6.07, 6.45) is 12.7. The predicted molar refractivity (Wildman–Crippen MR) is 144 cm³/mol. The molecule has 2 saturated heterocycles. The highest BCUT2D eigenvalue weighted by Crippen LogP contribution is 2.25. The summed E-state index contributed by atoms with van der Waals surface area (Å²) in [6.45, 7) is 5.46. The van der Waals surface area contributed by atoms with Crippen molar-refractivity contribution in [2.75, 3.05) is 36.9 Å². The summed E-state index contributed by atoms with van der Waals surface area (Å²) in [5, 5.41) is 14.4. The van der Waals surface area contributed by atoms with Gasteiger partial charge >= 0.3 is 0 Å². The number of aryl methyl sites for hydroxylation is 2. The maximum Gasteiger partial charge on any atom is 0.259 e. The van der Waals surface area contributed by atoms with E-state index in [-0.39, 0.29) is 17.9 Å². The summed E-state index contributed by atoms with van der Waals surface area (Å²) < 4.78 is 8.62. The Labute approximate surface area is 225 Å². The topological polar surface area (TPSA) is 132 Å². The van der Waals surface area contributed by atoms with Crippen LogP contribution in [0.15, 0.2) is 43.2 Å². The van der Waals surface area contributed by atoms with Crippen LogP contribution in [0.4, 0.5) is 11.4 Å². The molecule has 12 heteroatoms. The van der Waals surface area contributed by atoms with Crippen molar-refractivity contribution in [1.29, 1.82) is 0 Å². The Morgan fingerprint density at radius 3 is 2.72 bits per heavy atom. The van der Waals surface area contributed by atoms with Crippen molar-refractivity contribution < 1.29 is 14.3 Å². The van der Waals surface area contributed by atoms with Gasteiger partial charge in [-0.15, -0.1) is 0 Å². The molecule has 2 amide bonds. The second-order valence-electron chi connectivity index (χ2n) is 10.3. The number of amides is 2. The molecule has 12 nitrogen and oxygen atoms in total. The van der Waals surface area contributed by atoms with Crippen LogP contribution < -0.4 is 10.6 Å². The molecule has 2 N–H and O–H groups in total. The van der Waals surface area contributed by atoms with Crippen molar-refractivity contribution in [3.63, 3.8) is 0 Å². The van der Waals surface area contributed by atoms with Gasteiger partial charge in [-0.1, -0.05) is 0 Å². The third kappa shape index (κ3) is 5.38. The van der Waals surface area contributed by atoms with E-state index in [9.17, 15) is 9.59 Å². The Morgan fingerprint density at radius 2 is 1.95 bits per heavy atom. The van der Waals surface area contributed by atoms with Gasteiger partial charge in [-0.3, -0.25) is 29.1 Å². The molecule has 0 radical (unpaired) electrons. The van der Waals surface area contributed by atoms with Crippen molar-refractivity contribution in [1.82, 2.24) is 34.3 Å². The first kappa shape index (κ1) is 25.1. The lowest BCUT2D eigenvalue weighted by Crippen LogP contribution is -2.42. The molecular weight excluding hydrogens is 498 g/mol. The number of fused-ring (bicyclic) bond motifs is 1. The number of anilines is 2. The van der Waals surface area contributed by atoms with Crippen LogP contribution in [-0.2, 0) is 16.6 Å². The lowest BCUT2D eigenvalue weighted by molar-refractivity contribution is -0.117. The number of nitrogens with one attached hydrogen (secondary N) is 2. The number of hydrogen-bond acceptors (Lipinski definition) is 8. The molecule has 1 atom stereocenters. The van der Waals surface area contributed by atoms with E-state index in [4.69, 9.17) is 4.74 Å². The van der Waals surface area contributed by atoms with Gasteiger partial charge in [-0.25, -0.2) is 4.52 Å². The first-order valence-electron chi connectivity index (χ1n) is 13.1. The van der Waals surface area contributed by atoms with Crippen LogP contribution >= 0.6 is 0 Å². The standard InChI is InChI=1S/C27H31N9O3/c1-17-23(6-20(9-28-17)32-26(37)7-21-4-3-5-35(21)12-18-15-39-16-18)33-27(38)22-10-31-36-14-24(29-11-25(22)36)19-8-30-34(2)13-19/h6,8-11,13-14,18,21H,3-5,7,12,15-16H2,1-2H3,(H,32,37)(H,33,38). The predicted octanol–water partition coefficient (Wildman–Crippen LogP) is 2.52. The zero-order valence-corrected chi connectivity index (χ0v) is 22.0. The molecule has 0 spiro atoms. The van der Waals surface area contributed by atoms with Crippen LogP contribution in [0, 0.1) is 12.8 Å². The van der Waals surface area contributed by atoms with E-state index in [1.807, 2.05) is 13.2 Å². The molecule has 2 aliphatic heterocycles. The number of nitrogens with zero attached hydrogens (tertiary/aromatic N) is 7. The molecular formula is C27H31N9O3. The summed E-state index contributed by atoms with van der Waals surface area (Å²) in [5.74, 6) is 0.182. The molecule has 6 heterocycles. The number of carbonyl (C=O) groups excluding carboxylic acids is 2. The van der Waals surface area contributed by atoms with Gasteiger partial charge in [-0.2, -0.15) is 10.2 Å². The monoisotopic (exact) mass is 529 g/mol. The summed E-state index contributed by atoms with van der Waals surface area (Å²) >= 11 is 0. The lowest BCUT2D eigenvalue weighted by atomic mass is 10.1. The molecule has 1 unspecified atom stereocenters. The van der Waals surface area contributed by atoms with Crippen molar-refractivity contribution in [2.45, 2.75) is 32.2 Å². The fourth-order valence-corrected chi connectivity index (χ4v) is 5.19. The third-order valence-corrected chi connectivity index (χ3v) is 7.39. The minimum absolute atomic E-state index is 0.0576. The van der Waals surface area contributed by atoms with Crippen LogP contribution in [-0.4, -0.2) is 78.4 Å². The van der Waals surface area contributed by atoms with Crippen molar-refractivity contribution in [3.8, 4) is 11.3 Å². The van der Waals surface area contributed by atoms with E-state index in [0.717, 1.165) is 44.7 Å². The molecule has 0 saturated carbocycles. The van der Waals surface area contributed by atoms with Crippen molar-refractivity contribution in [3.05, 3.63) is 54.5 Å². The summed E-state index contributed by atoms with van der Waals surface area (Å²) in [5.41, 5.74) is 4.21. The minimum atomic E-state index is -0.337. The van der Waals surface area contributed by atoms with Crippen molar-refractivity contribution >= 4 is 28.7 Å². The Bertz CT molecular complexity index is 1520. The van der Waals surface area contributed by atoms with E-state index in [1.54, 1.807) is 47.0 Å². The molecule has 39 heavy (non-hydrogen) atoms. The largest absolute Gasteiger partial charge is 0.381 e. The van der Waals surface area contributed by atoms with Gasteiger partial charge in [-0.05, 0) is 32.4 Å². The minimum Gasteiger partial charge on any atom is -0.381 e. The second-order valence-corrected chi connectivity index (χ2v) is 10.3. The average molecular weight is 530 g/mol. The molecule has 0 aliphatic carbocycles. The normalized spacial score (nSPS) is 17.8. The summed E-state index contributed by atoms with van der Waals surface area (Å²) in [6, 6.07) is 1.98. The highest BCUT2D eigenvalue weighted by molar-refractivity contribution is 6.09. The lowest BCUT2D eigenvalue weighted by Gasteiger charge is -2.33. The van der Waals surface area contributed by atoms with E-state index in [2.05, 4.69) is 35.7 Å². The van der Waals surface area contributed by atoms with E-state index >= 15 is 0 Å². The Kier molecular flexibility index (Phi) is 6.79. The average Bonchev–Trinajstić information content (AvgIpc) is 3.63. The molecule has 0 aromatic carbocycles. The number of rotatable bonds is 8. The number of likely N-dealkylation sites (tertiary alicyclic amines) is 1. The highest BCUT2D eigenvalue weighted by Gasteiger charge is 2.30. The quantitative estimate of drug-likeness (QED) is 0.356. The first-order valence-corrected chi connectivity index (χ1v) is 13.1. The van der Waals surface area contributed by atoms with Gasteiger partial charge in [0.25, 0.3) is 5.91 Å². The molecule has 202 valence electrons. The van der Waals surface area contributed by atoms with Gasteiger partial charge in [0.15, 0.2) is 0 Å². The van der Waals surface area contributed by atoms with Gasteiger partial charge < -0.3 is 15.4 Å². The van der Waals surface area contributed by atoms with Crippen LogP contribution in [0.1, 0.15) is 35.3 Å². The third-order valence-electron chi connectivity index (χ3n) is 7.39. The number of ether oxygens (including phenoxy) is 1. The smallest absolute Gasteiger partial charge is 0.259 e. The number of aromatic nitrogens is 6. The second kappa shape index (κ2) is 10.5. The zero-order chi connectivity index (χ0) is 26.9. The van der Waals surface area contributed by atoms with Gasteiger partial charge in [0.05, 0.1) is 78.0 Å². The number of carbonyl (C=O) groups is 2. The van der Waals surface area contributed by atoms with Crippen LogP contribution in [0.2, 0.25) is 0 Å². The van der Waals surface area contributed by atoms with Crippen LogP contribution in [0.25, 0.3) is 16.8 Å². The zero-order valence-electron chi connectivity index (χ0n) is 22.0. The van der Waals surface area contributed by atoms with E-state index in [0.29, 0.717) is 46.2 Å². The maximum absolute atomic E-state index is 13.2. The van der Waals surface area contributed by atoms with Crippen LogP contribution in [0.3, 0.4) is 0 Å². The molecule has 6 rings (SSSR count). The first-order chi connectivity index (χ1) is 18.9. The number of pyridine rings is 1. The SMILES string of the molecule is Cc1ncc(NC(=O)CC2CCCN2CC2COC2)cc1NC(=O)c1cnn2cc(-c3cnn(C)c3)ncc12. The highest BCUT2D eigenvalue weighted by atomic mass is 16.5. The van der Waals surface area contributed by atoms with E-state index in [1.165, 1.54) is 6.20 Å². The fraction of sp³-hybridized carbons (Fsp3) is 0.407. The van der Waals surface area contributed by atoms with Gasteiger partial charge in [0.1, 0.15) is 0 Å². The maximum atomic E-state index is 13.2. The van der Waals surface area contributed by atoms with Crippen molar-refractivity contribution in [2.24, 2.45) is 13.0 Å². The summed E-state index contributed by atoms with van der Waals surface area (Å²) in [7, 11) is 1.84. The Hall–Kier alpha value is -4.16. The molecule has 0 bridgehead atoms. The molecule has 2 fully saturated rings. The van der Waals surface area contributed by atoms with E-state index < -0.39 is 0 Å². The Balaban J connectivity index is 1.11. The molecule has 4 aromatic rings. The van der Waals surface area contributed by atoms with Gasteiger partial charge in [0, 0.05) is 43.7 Å². The fourth-order valence-electron chi connectivity index (χ4n) is 5.19. The van der Waals surface area contributed by atoms with Gasteiger partial charge in [0.2, 0.25) is 5.91 Å². The molecule has 4 aromatic heterocycles. The summed E-state index contributed by atoms with van der Waals surface area (Å²) in [4.78, 5) is 37.3.